The molecule has 0 bridgehead atoms. The molecule has 1 N–H and O–H groups in total. The van der Waals surface area contributed by atoms with E-state index in [0.29, 0.717) is 24.2 Å². The second-order valence-corrected chi connectivity index (χ2v) is 7.68. The lowest BCUT2D eigenvalue weighted by molar-refractivity contribution is -0.142. The predicted octanol–water partition coefficient (Wildman–Crippen LogP) is 3.24. The number of benzene rings is 1. The summed E-state index contributed by atoms with van der Waals surface area (Å²) < 4.78 is 5.56. The molecule has 0 unspecified atom stereocenters. The van der Waals surface area contributed by atoms with Gasteiger partial charge >= 0.3 is 0 Å². The third-order valence-corrected chi connectivity index (χ3v) is 5.95. The molecule has 4 nitrogen and oxygen atoms in total. The minimum atomic E-state index is -0.475. The summed E-state index contributed by atoms with van der Waals surface area (Å²) in [5.74, 6) is 0.945. The summed E-state index contributed by atoms with van der Waals surface area (Å²) in [6, 6.07) is 7.83. The summed E-state index contributed by atoms with van der Waals surface area (Å²) in [6.45, 7) is 7.20. The van der Waals surface area contributed by atoms with E-state index in [1.807, 2.05) is 24.3 Å². The molecule has 138 valence electrons. The Balaban J connectivity index is 1.75. The topological polar surface area (TPSA) is 41.6 Å². The quantitative estimate of drug-likeness (QED) is 0.872. The zero-order valence-corrected chi connectivity index (χ0v) is 15.9. The molecule has 2 heterocycles. The fourth-order valence-corrected chi connectivity index (χ4v) is 4.31. The number of carbonyl (C=O) groups is 1. The van der Waals surface area contributed by atoms with Crippen LogP contribution in [0.15, 0.2) is 24.3 Å². The first-order valence-corrected chi connectivity index (χ1v) is 9.87. The zero-order chi connectivity index (χ0) is 17.7. The average Bonchev–Trinajstić information content (AvgIpc) is 2.67. The van der Waals surface area contributed by atoms with Crippen LogP contribution < -0.4 is 5.32 Å². The maximum absolute atomic E-state index is 13.5. The lowest BCUT2D eigenvalue weighted by atomic mass is 9.72. The number of rotatable bonds is 5. The number of nitrogens with zero attached hydrogens (tertiary/aromatic N) is 1. The number of likely N-dealkylation sites (tertiary alicyclic amines) is 1. The number of hydrogen-bond acceptors (Lipinski definition) is 3. The molecule has 25 heavy (non-hydrogen) atoms. The number of hydrogen-bond donors (Lipinski definition) is 1. The highest BCUT2D eigenvalue weighted by Gasteiger charge is 2.44. The second-order valence-electron chi connectivity index (χ2n) is 7.25. The van der Waals surface area contributed by atoms with Gasteiger partial charge in [-0.15, -0.1) is 0 Å². The van der Waals surface area contributed by atoms with Crippen molar-refractivity contribution in [2.24, 2.45) is 5.92 Å². The molecule has 5 heteroatoms. The van der Waals surface area contributed by atoms with Gasteiger partial charge in [0.05, 0.1) is 5.41 Å². The Bertz CT molecular complexity index is 579. The van der Waals surface area contributed by atoms with E-state index in [4.69, 9.17) is 16.3 Å². The first-order chi connectivity index (χ1) is 12.2. The molecule has 2 fully saturated rings. The summed E-state index contributed by atoms with van der Waals surface area (Å²) in [6.07, 6.45) is 3.65. The lowest BCUT2D eigenvalue weighted by Gasteiger charge is -2.42. The van der Waals surface area contributed by atoms with Crippen LogP contribution in [0.4, 0.5) is 0 Å². The van der Waals surface area contributed by atoms with Crippen LogP contribution in [0.2, 0.25) is 5.02 Å². The molecule has 2 aliphatic heterocycles. The number of nitrogens with one attached hydrogen (secondary N) is 1. The number of carbonyl (C=O) groups excluding carboxylic acids is 1. The standard InChI is InChI=1S/C20H29ClN2O2/c1-2-22-15-16-6-10-23(11-7-16)19(24)20(8-12-25-13-9-20)17-4-3-5-18(21)14-17/h3-5,14,16,22H,2,6-13,15H2,1H3. The van der Waals surface area contributed by atoms with Crippen molar-refractivity contribution in [3.8, 4) is 0 Å². The fraction of sp³-hybridized carbons (Fsp3) is 0.650. The van der Waals surface area contributed by atoms with Gasteiger partial charge in [0.2, 0.25) is 5.91 Å². The third-order valence-electron chi connectivity index (χ3n) is 5.72. The van der Waals surface area contributed by atoms with Gasteiger partial charge in [-0.3, -0.25) is 4.79 Å². The summed E-state index contributed by atoms with van der Waals surface area (Å²) in [7, 11) is 0. The van der Waals surface area contributed by atoms with Crippen LogP contribution in [-0.4, -0.2) is 50.2 Å². The molecular formula is C20H29ClN2O2. The Labute approximate surface area is 155 Å². The first-order valence-electron chi connectivity index (χ1n) is 9.49. The molecule has 0 spiro atoms. The Morgan fingerprint density at radius 1 is 1.32 bits per heavy atom. The van der Waals surface area contributed by atoms with Crippen LogP contribution in [0.3, 0.4) is 0 Å². The van der Waals surface area contributed by atoms with Crippen LogP contribution in [-0.2, 0) is 14.9 Å². The second kappa shape index (κ2) is 8.52. The van der Waals surface area contributed by atoms with Crippen LogP contribution in [0, 0.1) is 5.92 Å². The molecule has 2 saturated heterocycles. The summed E-state index contributed by atoms with van der Waals surface area (Å²) in [5, 5.41) is 4.13. The van der Waals surface area contributed by atoms with Crippen molar-refractivity contribution >= 4 is 17.5 Å². The lowest BCUT2D eigenvalue weighted by Crippen LogP contribution is -2.52. The molecular weight excluding hydrogens is 336 g/mol. The zero-order valence-electron chi connectivity index (χ0n) is 15.1. The number of amides is 1. The van der Waals surface area contributed by atoms with Crippen LogP contribution in [0.1, 0.15) is 38.2 Å². The summed E-state index contributed by atoms with van der Waals surface area (Å²) in [5.41, 5.74) is 0.570. The van der Waals surface area contributed by atoms with Crippen molar-refractivity contribution in [2.45, 2.75) is 38.0 Å². The van der Waals surface area contributed by atoms with Gasteiger partial charge in [-0.05, 0) is 62.4 Å². The molecule has 0 saturated carbocycles. The maximum atomic E-state index is 13.5. The Morgan fingerprint density at radius 3 is 2.68 bits per heavy atom. The van der Waals surface area contributed by atoms with Gasteiger partial charge in [0.1, 0.15) is 0 Å². The molecule has 0 aromatic heterocycles. The Hall–Kier alpha value is -1.10. The Morgan fingerprint density at radius 2 is 2.04 bits per heavy atom. The number of piperidine rings is 1. The molecule has 0 aliphatic carbocycles. The van der Waals surface area contributed by atoms with Gasteiger partial charge in [-0.25, -0.2) is 0 Å². The third kappa shape index (κ3) is 4.18. The first kappa shape index (κ1) is 18.7. The minimum absolute atomic E-state index is 0.264. The normalized spacial score (nSPS) is 21.3. The van der Waals surface area contributed by atoms with Crippen LogP contribution in [0.5, 0.6) is 0 Å². The minimum Gasteiger partial charge on any atom is -0.381 e. The van der Waals surface area contributed by atoms with E-state index in [9.17, 15) is 4.79 Å². The molecule has 1 amide bonds. The van der Waals surface area contributed by atoms with E-state index in [2.05, 4.69) is 17.1 Å². The van der Waals surface area contributed by atoms with Gasteiger partial charge < -0.3 is 15.0 Å². The van der Waals surface area contributed by atoms with Gasteiger partial charge in [0, 0.05) is 31.3 Å². The predicted molar refractivity (Wildman–Crippen MR) is 101 cm³/mol. The van der Waals surface area contributed by atoms with E-state index in [1.54, 1.807) is 0 Å². The van der Waals surface area contributed by atoms with Crippen LogP contribution >= 0.6 is 11.6 Å². The molecule has 1 aromatic carbocycles. The Kier molecular flexibility index (Phi) is 6.37. The molecule has 3 rings (SSSR count). The maximum Gasteiger partial charge on any atom is 0.233 e. The summed E-state index contributed by atoms with van der Waals surface area (Å²) >= 11 is 6.22. The SMILES string of the molecule is CCNCC1CCN(C(=O)C2(c3cccc(Cl)c3)CCOCC2)CC1. The van der Waals surface area contributed by atoms with E-state index in [-0.39, 0.29) is 5.91 Å². The van der Waals surface area contributed by atoms with Crippen molar-refractivity contribution in [3.05, 3.63) is 34.9 Å². The van der Waals surface area contributed by atoms with E-state index in [1.165, 1.54) is 0 Å². The van der Waals surface area contributed by atoms with E-state index < -0.39 is 5.41 Å². The van der Waals surface area contributed by atoms with Crippen molar-refractivity contribution in [2.75, 3.05) is 39.4 Å². The monoisotopic (exact) mass is 364 g/mol. The highest BCUT2D eigenvalue weighted by molar-refractivity contribution is 6.30. The van der Waals surface area contributed by atoms with Gasteiger partial charge in [-0.1, -0.05) is 30.7 Å². The largest absolute Gasteiger partial charge is 0.381 e. The number of ether oxygens (including phenoxy) is 1. The average molecular weight is 365 g/mol. The van der Waals surface area contributed by atoms with Crippen molar-refractivity contribution < 1.29 is 9.53 Å². The highest BCUT2D eigenvalue weighted by atomic mass is 35.5. The van der Waals surface area contributed by atoms with Crippen molar-refractivity contribution in [1.29, 1.82) is 0 Å². The molecule has 0 radical (unpaired) electrons. The highest BCUT2D eigenvalue weighted by Crippen LogP contribution is 2.38. The van der Waals surface area contributed by atoms with Gasteiger partial charge in [0.25, 0.3) is 0 Å². The summed E-state index contributed by atoms with van der Waals surface area (Å²) in [4.78, 5) is 15.6. The molecule has 2 aliphatic rings. The number of halogens is 1. The van der Waals surface area contributed by atoms with Crippen molar-refractivity contribution in [1.82, 2.24) is 10.2 Å². The smallest absolute Gasteiger partial charge is 0.233 e. The molecule has 0 atom stereocenters. The van der Waals surface area contributed by atoms with Crippen molar-refractivity contribution in [3.63, 3.8) is 0 Å². The van der Waals surface area contributed by atoms with E-state index >= 15 is 0 Å². The van der Waals surface area contributed by atoms with Gasteiger partial charge in [0.15, 0.2) is 0 Å². The van der Waals surface area contributed by atoms with Crippen LogP contribution in [0.25, 0.3) is 0 Å². The van der Waals surface area contributed by atoms with E-state index in [0.717, 1.165) is 57.4 Å². The fourth-order valence-electron chi connectivity index (χ4n) is 4.12. The van der Waals surface area contributed by atoms with Gasteiger partial charge in [-0.2, -0.15) is 0 Å². The molecule has 1 aromatic rings.